The van der Waals surface area contributed by atoms with Crippen LogP contribution in [-0.4, -0.2) is 33.3 Å². The molecule has 0 atom stereocenters. The molecule has 4 aromatic rings. The van der Waals surface area contributed by atoms with Crippen molar-refractivity contribution >= 4 is 33.7 Å². The maximum Gasteiger partial charge on any atom is 0.338 e. The third-order valence-electron chi connectivity index (χ3n) is 4.21. The van der Waals surface area contributed by atoms with Gasteiger partial charge in [0.15, 0.2) is 6.61 Å². The van der Waals surface area contributed by atoms with E-state index in [-0.39, 0.29) is 12.4 Å². The standard InChI is InChI=1S/C20H15N3O3/c1-12-19(14-4-2-3-5-15(14)23-12)18(24)11-26-20(25)13-6-7-16-17(10-13)22-9-8-21-16/h2-10,23H,11H2,1H3. The van der Waals surface area contributed by atoms with Crippen LogP contribution in [0.3, 0.4) is 0 Å². The lowest BCUT2D eigenvalue weighted by atomic mass is 10.1. The number of hydrogen-bond acceptors (Lipinski definition) is 5. The molecule has 1 N–H and O–H groups in total. The van der Waals surface area contributed by atoms with E-state index in [0.717, 1.165) is 16.6 Å². The molecule has 0 unspecified atom stereocenters. The van der Waals surface area contributed by atoms with E-state index >= 15 is 0 Å². The van der Waals surface area contributed by atoms with Gasteiger partial charge in [-0.2, -0.15) is 0 Å². The number of Topliss-reactive ketones (excluding diaryl/α,β-unsaturated/α-hetero) is 1. The summed E-state index contributed by atoms with van der Waals surface area (Å²) in [6.07, 6.45) is 3.14. The molecule has 0 amide bonds. The van der Waals surface area contributed by atoms with Crippen molar-refractivity contribution in [2.45, 2.75) is 6.92 Å². The van der Waals surface area contributed by atoms with Gasteiger partial charge in [0, 0.05) is 34.6 Å². The van der Waals surface area contributed by atoms with Gasteiger partial charge in [0.25, 0.3) is 0 Å². The molecule has 0 fully saturated rings. The fourth-order valence-electron chi connectivity index (χ4n) is 3.01. The number of carbonyl (C=O) groups is 2. The summed E-state index contributed by atoms with van der Waals surface area (Å²) in [6, 6.07) is 12.5. The summed E-state index contributed by atoms with van der Waals surface area (Å²) in [4.78, 5) is 36.3. The summed E-state index contributed by atoms with van der Waals surface area (Å²) in [6.45, 7) is 1.51. The molecule has 6 heteroatoms. The van der Waals surface area contributed by atoms with Gasteiger partial charge in [0.05, 0.1) is 16.6 Å². The molecule has 0 spiro atoms. The minimum absolute atomic E-state index is 0.242. The lowest BCUT2D eigenvalue weighted by molar-refractivity contribution is 0.0475. The number of hydrogen-bond donors (Lipinski definition) is 1. The first-order chi connectivity index (χ1) is 12.6. The lowest BCUT2D eigenvalue weighted by Crippen LogP contribution is -2.15. The first-order valence-electron chi connectivity index (χ1n) is 8.12. The van der Waals surface area contributed by atoms with Crippen molar-refractivity contribution in [1.29, 1.82) is 0 Å². The number of aryl methyl sites for hydroxylation is 1. The molecule has 0 aliphatic heterocycles. The molecule has 0 aliphatic rings. The predicted octanol–water partition coefficient (Wildman–Crippen LogP) is 3.46. The first kappa shape index (κ1) is 16.0. The zero-order valence-electron chi connectivity index (χ0n) is 14.0. The number of esters is 1. The molecule has 4 rings (SSSR count). The van der Waals surface area contributed by atoms with Crippen LogP contribution in [0.1, 0.15) is 26.4 Å². The average Bonchev–Trinajstić information content (AvgIpc) is 3.01. The van der Waals surface area contributed by atoms with Gasteiger partial charge in [-0.15, -0.1) is 0 Å². The van der Waals surface area contributed by atoms with Gasteiger partial charge in [-0.3, -0.25) is 14.8 Å². The van der Waals surface area contributed by atoms with Crippen molar-refractivity contribution in [1.82, 2.24) is 15.0 Å². The van der Waals surface area contributed by atoms with Crippen molar-refractivity contribution < 1.29 is 14.3 Å². The Morgan fingerprint density at radius 2 is 1.81 bits per heavy atom. The quantitative estimate of drug-likeness (QED) is 0.452. The molecule has 0 radical (unpaired) electrons. The van der Waals surface area contributed by atoms with Crippen LogP contribution in [0.4, 0.5) is 0 Å². The van der Waals surface area contributed by atoms with E-state index in [1.54, 1.807) is 30.6 Å². The predicted molar refractivity (Wildman–Crippen MR) is 97.2 cm³/mol. The molecule has 0 saturated carbocycles. The number of H-pyrrole nitrogens is 1. The number of aromatic nitrogens is 3. The van der Waals surface area contributed by atoms with Crippen molar-refractivity contribution in [3.63, 3.8) is 0 Å². The highest BCUT2D eigenvalue weighted by atomic mass is 16.5. The number of aromatic amines is 1. The number of ether oxygens (including phenoxy) is 1. The third-order valence-corrected chi connectivity index (χ3v) is 4.21. The number of para-hydroxylation sites is 1. The van der Waals surface area contributed by atoms with Gasteiger partial charge in [-0.05, 0) is 31.2 Å². The fraction of sp³-hybridized carbons (Fsp3) is 0.100. The topological polar surface area (TPSA) is 84.9 Å². The maximum atomic E-state index is 12.6. The lowest BCUT2D eigenvalue weighted by Gasteiger charge is -2.05. The van der Waals surface area contributed by atoms with Gasteiger partial charge in [0.1, 0.15) is 0 Å². The van der Waals surface area contributed by atoms with E-state index in [1.807, 2.05) is 31.2 Å². The summed E-state index contributed by atoms with van der Waals surface area (Å²) in [5.74, 6) is -0.808. The van der Waals surface area contributed by atoms with Crippen molar-refractivity contribution in [3.05, 3.63) is 71.7 Å². The Morgan fingerprint density at radius 1 is 1.04 bits per heavy atom. The Kier molecular flexibility index (Phi) is 3.93. The molecule has 6 nitrogen and oxygen atoms in total. The normalized spacial score (nSPS) is 11.0. The Morgan fingerprint density at radius 3 is 2.65 bits per heavy atom. The van der Waals surface area contributed by atoms with Crippen LogP contribution < -0.4 is 0 Å². The molecule has 0 aliphatic carbocycles. The van der Waals surface area contributed by atoms with Gasteiger partial charge in [-0.25, -0.2) is 4.79 Å². The summed E-state index contributed by atoms with van der Waals surface area (Å²) in [5, 5.41) is 0.826. The summed E-state index contributed by atoms with van der Waals surface area (Å²) >= 11 is 0. The Labute approximate surface area is 148 Å². The van der Waals surface area contributed by atoms with Crippen molar-refractivity contribution in [2.24, 2.45) is 0 Å². The van der Waals surface area contributed by atoms with E-state index in [0.29, 0.717) is 22.2 Å². The number of benzene rings is 2. The Balaban J connectivity index is 1.53. The smallest absolute Gasteiger partial charge is 0.338 e. The molecule has 0 bridgehead atoms. The minimum Gasteiger partial charge on any atom is -0.454 e. The molecule has 2 aromatic heterocycles. The largest absolute Gasteiger partial charge is 0.454 e. The zero-order valence-corrected chi connectivity index (χ0v) is 14.0. The van der Waals surface area contributed by atoms with Crippen LogP contribution in [0, 0.1) is 6.92 Å². The molecule has 0 saturated heterocycles. The second-order valence-corrected chi connectivity index (χ2v) is 5.93. The SMILES string of the molecule is Cc1[nH]c2ccccc2c1C(=O)COC(=O)c1ccc2nccnc2c1. The second kappa shape index (κ2) is 6.40. The zero-order chi connectivity index (χ0) is 18.1. The van der Waals surface area contributed by atoms with Crippen LogP contribution in [0.25, 0.3) is 21.9 Å². The molecular weight excluding hydrogens is 330 g/mol. The number of nitrogens with one attached hydrogen (secondary N) is 1. The Bertz CT molecular complexity index is 1150. The van der Waals surface area contributed by atoms with Gasteiger partial charge >= 0.3 is 5.97 Å². The number of rotatable bonds is 4. The number of fused-ring (bicyclic) bond motifs is 2. The molecule has 128 valence electrons. The van der Waals surface area contributed by atoms with Gasteiger partial charge < -0.3 is 9.72 Å². The number of nitrogens with zero attached hydrogens (tertiary/aromatic N) is 2. The molecule has 2 aromatic carbocycles. The van der Waals surface area contributed by atoms with E-state index in [1.165, 1.54) is 0 Å². The second-order valence-electron chi connectivity index (χ2n) is 5.93. The minimum atomic E-state index is -0.566. The Hall–Kier alpha value is -3.54. The van der Waals surface area contributed by atoms with Crippen LogP contribution in [0.2, 0.25) is 0 Å². The van der Waals surface area contributed by atoms with E-state index < -0.39 is 5.97 Å². The van der Waals surface area contributed by atoms with Crippen LogP contribution in [-0.2, 0) is 4.74 Å². The van der Waals surface area contributed by atoms with E-state index in [4.69, 9.17) is 4.74 Å². The molecular formula is C20H15N3O3. The monoisotopic (exact) mass is 345 g/mol. The highest BCUT2D eigenvalue weighted by Crippen LogP contribution is 2.22. The number of ketones is 1. The highest BCUT2D eigenvalue weighted by Gasteiger charge is 2.18. The van der Waals surface area contributed by atoms with E-state index in [2.05, 4.69) is 15.0 Å². The third kappa shape index (κ3) is 2.82. The van der Waals surface area contributed by atoms with Crippen molar-refractivity contribution in [2.75, 3.05) is 6.61 Å². The van der Waals surface area contributed by atoms with Gasteiger partial charge in [-0.1, -0.05) is 18.2 Å². The summed E-state index contributed by atoms with van der Waals surface area (Å²) in [5.41, 5.74) is 3.82. The highest BCUT2D eigenvalue weighted by molar-refractivity contribution is 6.10. The van der Waals surface area contributed by atoms with Gasteiger partial charge in [0.2, 0.25) is 5.78 Å². The summed E-state index contributed by atoms with van der Waals surface area (Å²) < 4.78 is 5.22. The van der Waals surface area contributed by atoms with Crippen LogP contribution >= 0.6 is 0 Å². The summed E-state index contributed by atoms with van der Waals surface area (Å²) in [7, 11) is 0. The first-order valence-corrected chi connectivity index (χ1v) is 8.12. The van der Waals surface area contributed by atoms with Crippen molar-refractivity contribution in [3.8, 4) is 0 Å². The molecule has 26 heavy (non-hydrogen) atoms. The fourth-order valence-corrected chi connectivity index (χ4v) is 3.01. The van der Waals surface area contributed by atoms with E-state index in [9.17, 15) is 9.59 Å². The van der Waals surface area contributed by atoms with Crippen LogP contribution in [0.15, 0.2) is 54.9 Å². The maximum absolute atomic E-state index is 12.6. The van der Waals surface area contributed by atoms with Crippen LogP contribution in [0.5, 0.6) is 0 Å². The average molecular weight is 345 g/mol. The molecule has 2 heterocycles. The number of carbonyl (C=O) groups excluding carboxylic acids is 2.